The van der Waals surface area contributed by atoms with Gasteiger partial charge in [-0.3, -0.25) is 4.79 Å². The first-order chi connectivity index (χ1) is 11.5. The van der Waals surface area contributed by atoms with Gasteiger partial charge in [0.15, 0.2) is 4.84 Å². The quantitative estimate of drug-likeness (QED) is 0.640. The molecule has 0 radical (unpaired) electrons. The topological polar surface area (TPSA) is 34.5 Å². The van der Waals surface area contributed by atoms with Gasteiger partial charge < -0.3 is 14.2 Å². The van der Waals surface area contributed by atoms with E-state index in [0.717, 1.165) is 11.3 Å². The second-order valence-corrected chi connectivity index (χ2v) is 6.84. The number of hydrogen-bond donors (Lipinski definition) is 0. The molecule has 2 aromatic rings. The lowest BCUT2D eigenvalue weighted by Crippen LogP contribution is -2.37. The highest BCUT2D eigenvalue weighted by atomic mass is 35.5. The van der Waals surface area contributed by atoms with Crippen LogP contribution in [0.3, 0.4) is 0 Å². The molecule has 1 amide bonds. The first-order valence-corrected chi connectivity index (χ1v) is 8.70. The van der Waals surface area contributed by atoms with Crippen molar-refractivity contribution >= 4 is 40.7 Å². The van der Waals surface area contributed by atoms with Gasteiger partial charge in [0.25, 0.3) is 5.91 Å². The molecule has 0 N–H and O–H groups in total. The van der Waals surface area contributed by atoms with E-state index in [2.05, 4.69) is 4.57 Å². The van der Waals surface area contributed by atoms with Gasteiger partial charge in [-0.1, -0.05) is 46.9 Å². The Morgan fingerprint density at radius 2 is 2.08 bits per heavy atom. The number of benzene rings is 1. The molecule has 24 heavy (non-hydrogen) atoms. The summed E-state index contributed by atoms with van der Waals surface area (Å²) in [6.07, 6.45) is 1.97. The van der Waals surface area contributed by atoms with E-state index >= 15 is 0 Å². The molecule has 0 aliphatic carbocycles. The van der Waals surface area contributed by atoms with E-state index in [4.69, 9.17) is 39.5 Å². The van der Waals surface area contributed by atoms with Crippen molar-refractivity contribution in [2.24, 2.45) is 0 Å². The van der Waals surface area contributed by atoms with Crippen LogP contribution < -0.4 is 0 Å². The molecule has 1 heterocycles. The van der Waals surface area contributed by atoms with Crippen molar-refractivity contribution in [3.05, 3.63) is 58.9 Å². The number of methoxy groups -OCH3 is 1. The molecule has 130 valence electrons. The largest absolute Gasteiger partial charge is 0.383 e. The Morgan fingerprint density at radius 1 is 1.29 bits per heavy atom. The van der Waals surface area contributed by atoms with Crippen LogP contribution in [0.15, 0.2) is 42.6 Å². The molecule has 0 fully saturated rings. The lowest BCUT2D eigenvalue weighted by molar-refractivity contribution is -0.130. The second kappa shape index (κ2) is 9.33. The Labute approximate surface area is 156 Å². The summed E-state index contributed by atoms with van der Waals surface area (Å²) >= 11 is 17.5. The Kier molecular flexibility index (Phi) is 7.43. The van der Waals surface area contributed by atoms with Gasteiger partial charge in [-0.05, 0) is 29.8 Å². The maximum Gasteiger partial charge on any atom is 0.256 e. The first kappa shape index (κ1) is 19.1. The van der Waals surface area contributed by atoms with E-state index in [9.17, 15) is 4.79 Å². The highest BCUT2D eigenvalue weighted by molar-refractivity contribution is 6.53. The van der Waals surface area contributed by atoms with Crippen LogP contribution in [0.1, 0.15) is 11.3 Å². The van der Waals surface area contributed by atoms with E-state index in [0.29, 0.717) is 31.3 Å². The predicted molar refractivity (Wildman–Crippen MR) is 97.8 cm³/mol. The van der Waals surface area contributed by atoms with Crippen molar-refractivity contribution in [2.45, 2.75) is 17.9 Å². The van der Waals surface area contributed by atoms with Crippen LogP contribution in [-0.4, -0.2) is 40.5 Å². The zero-order valence-corrected chi connectivity index (χ0v) is 15.6. The van der Waals surface area contributed by atoms with Gasteiger partial charge in [0.1, 0.15) is 0 Å². The summed E-state index contributed by atoms with van der Waals surface area (Å²) in [5.41, 5.74) is 2.07. The summed E-state index contributed by atoms with van der Waals surface area (Å²) in [6, 6.07) is 11.6. The van der Waals surface area contributed by atoms with Crippen LogP contribution in [0.2, 0.25) is 5.02 Å². The molecule has 0 atom stereocenters. The van der Waals surface area contributed by atoms with Crippen molar-refractivity contribution in [2.75, 3.05) is 20.3 Å². The van der Waals surface area contributed by atoms with E-state index < -0.39 is 4.84 Å². The number of nitrogens with zero attached hydrogens (tertiary/aromatic N) is 2. The summed E-state index contributed by atoms with van der Waals surface area (Å²) < 4.78 is 7.12. The van der Waals surface area contributed by atoms with Crippen molar-refractivity contribution in [1.29, 1.82) is 0 Å². The minimum absolute atomic E-state index is 0.328. The van der Waals surface area contributed by atoms with Crippen molar-refractivity contribution in [3.8, 4) is 0 Å². The summed E-state index contributed by atoms with van der Waals surface area (Å²) in [6.45, 7) is 1.92. The first-order valence-electron chi connectivity index (χ1n) is 7.45. The smallest absolute Gasteiger partial charge is 0.256 e. The fourth-order valence-corrected chi connectivity index (χ4v) is 2.87. The minimum atomic E-state index is -1.09. The monoisotopic (exact) mass is 388 g/mol. The zero-order chi connectivity index (χ0) is 17.5. The van der Waals surface area contributed by atoms with E-state index in [1.165, 1.54) is 0 Å². The number of aromatic nitrogens is 1. The standard InChI is InChI=1S/C17H19Cl3N2O2/c1-24-9-8-22(17(23)16(19)20)12-15-6-3-7-21(15)11-13-4-2-5-14(18)10-13/h2-7,10,16H,8-9,11-12H2,1H3. The van der Waals surface area contributed by atoms with E-state index in [1.807, 2.05) is 42.6 Å². The number of carbonyl (C=O) groups is 1. The van der Waals surface area contributed by atoms with Gasteiger partial charge in [-0.25, -0.2) is 0 Å². The Hall–Kier alpha value is -1.20. The predicted octanol–water partition coefficient (Wildman–Crippen LogP) is 3.97. The molecule has 7 heteroatoms. The normalized spacial score (nSPS) is 11.0. The molecule has 0 bridgehead atoms. The number of ether oxygens (including phenoxy) is 1. The van der Waals surface area contributed by atoms with Crippen LogP contribution in [0.25, 0.3) is 0 Å². The molecule has 1 aromatic carbocycles. The fraction of sp³-hybridized carbons (Fsp3) is 0.353. The maximum absolute atomic E-state index is 12.2. The highest BCUT2D eigenvalue weighted by Crippen LogP contribution is 2.16. The van der Waals surface area contributed by atoms with E-state index in [-0.39, 0.29) is 5.91 Å². The van der Waals surface area contributed by atoms with Crippen LogP contribution in [0.5, 0.6) is 0 Å². The van der Waals surface area contributed by atoms with Crippen LogP contribution in [0.4, 0.5) is 0 Å². The molecular formula is C17H19Cl3N2O2. The number of alkyl halides is 2. The lowest BCUT2D eigenvalue weighted by Gasteiger charge is -2.24. The van der Waals surface area contributed by atoms with E-state index in [1.54, 1.807) is 12.0 Å². The molecule has 0 spiro atoms. The molecule has 0 saturated carbocycles. The average Bonchev–Trinajstić information content (AvgIpc) is 2.97. The van der Waals surface area contributed by atoms with Gasteiger partial charge in [-0.2, -0.15) is 0 Å². The number of amides is 1. The fourth-order valence-electron chi connectivity index (χ4n) is 2.38. The van der Waals surface area contributed by atoms with Gasteiger partial charge in [0, 0.05) is 37.1 Å². The summed E-state index contributed by atoms with van der Waals surface area (Å²) in [4.78, 5) is 12.7. The number of halogens is 3. The molecule has 0 aliphatic rings. The number of rotatable bonds is 8. The van der Waals surface area contributed by atoms with Crippen LogP contribution in [-0.2, 0) is 22.6 Å². The SMILES string of the molecule is COCCN(Cc1cccn1Cc1cccc(Cl)c1)C(=O)C(Cl)Cl. The molecule has 2 rings (SSSR count). The lowest BCUT2D eigenvalue weighted by atomic mass is 10.2. The third-order valence-corrected chi connectivity index (χ3v) is 4.19. The van der Waals surface area contributed by atoms with Crippen molar-refractivity contribution < 1.29 is 9.53 Å². The van der Waals surface area contributed by atoms with Gasteiger partial charge in [-0.15, -0.1) is 0 Å². The summed E-state index contributed by atoms with van der Waals surface area (Å²) in [5.74, 6) is -0.328. The third-order valence-electron chi connectivity index (χ3n) is 3.58. The molecule has 0 aliphatic heterocycles. The summed E-state index contributed by atoms with van der Waals surface area (Å²) in [5, 5.41) is 0.699. The van der Waals surface area contributed by atoms with Gasteiger partial charge in [0.05, 0.1) is 13.2 Å². The number of hydrogen-bond acceptors (Lipinski definition) is 2. The van der Waals surface area contributed by atoms with Crippen molar-refractivity contribution in [3.63, 3.8) is 0 Å². The third kappa shape index (κ3) is 5.42. The van der Waals surface area contributed by atoms with Crippen molar-refractivity contribution in [1.82, 2.24) is 9.47 Å². The minimum Gasteiger partial charge on any atom is -0.383 e. The Balaban J connectivity index is 2.13. The Morgan fingerprint density at radius 3 is 2.75 bits per heavy atom. The van der Waals surface area contributed by atoms with Crippen LogP contribution in [0, 0.1) is 0 Å². The van der Waals surface area contributed by atoms with Crippen LogP contribution >= 0.6 is 34.8 Å². The summed E-state index contributed by atoms with van der Waals surface area (Å²) in [7, 11) is 1.59. The highest BCUT2D eigenvalue weighted by Gasteiger charge is 2.21. The van der Waals surface area contributed by atoms with Gasteiger partial charge in [0.2, 0.25) is 0 Å². The zero-order valence-electron chi connectivity index (χ0n) is 13.3. The Bertz CT molecular complexity index is 673. The molecule has 1 aromatic heterocycles. The average molecular weight is 390 g/mol. The molecule has 4 nitrogen and oxygen atoms in total. The molecule has 0 saturated heterocycles. The van der Waals surface area contributed by atoms with Gasteiger partial charge >= 0.3 is 0 Å². The second-order valence-electron chi connectivity index (χ2n) is 5.31. The number of carbonyl (C=O) groups excluding carboxylic acids is 1. The maximum atomic E-state index is 12.2. The molecular weight excluding hydrogens is 371 g/mol. The molecule has 0 unspecified atom stereocenters.